The van der Waals surface area contributed by atoms with Crippen LogP contribution in [0.15, 0.2) is 0 Å². The number of hydrogen-bond acceptors (Lipinski definition) is 6. The average molecular weight is 316 g/mol. The lowest BCUT2D eigenvalue weighted by atomic mass is 10.1. The Morgan fingerprint density at radius 2 is 2.05 bits per heavy atom. The van der Waals surface area contributed by atoms with Crippen LogP contribution in [0.1, 0.15) is 20.3 Å². The number of thiol groups is 1. The van der Waals surface area contributed by atoms with Crippen molar-refractivity contribution in [3.05, 3.63) is 0 Å². The summed E-state index contributed by atoms with van der Waals surface area (Å²) in [7, 11) is 0. The lowest BCUT2D eigenvalue weighted by molar-refractivity contribution is -0.139. The highest BCUT2D eigenvalue weighted by molar-refractivity contribution is 7.81. The lowest BCUT2D eigenvalue weighted by Crippen LogP contribution is -2.39. The van der Waals surface area contributed by atoms with Crippen LogP contribution in [0.25, 0.3) is 0 Å². The van der Waals surface area contributed by atoms with Crippen LogP contribution in [0.4, 0.5) is 0 Å². The first-order valence-electron chi connectivity index (χ1n) is 6.72. The molecule has 1 atom stereocenters. The number of ketones is 1. The van der Waals surface area contributed by atoms with Crippen LogP contribution in [-0.4, -0.2) is 60.0 Å². The molecule has 118 valence electrons. The van der Waals surface area contributed by atoms with Gasteiger partial charge >= 0.3 is 0 Å². The lowest BCUT2D eigenvalue weighted by Gasteiger charge is -2.14. The van der Waals surface area contributed by atoms with Gasteiger partial charge in [0, 0.05) is 25.4 Å². The molecule has 1 fully saturated rings. The third-order valence-electron chi connectivity index (χ3n) is 3.00. The zero-order valence-corrected chi connectivity index (χ0v) is 13.0. The molecule has 0 aliphatic carbocycles. The molecule has 0 bridgehead atoms. The fourth-order valence-corrected chi connectivity index (χ4v) is 1.97. The highest BCUT2D eigenvalue weighted by atomic mass is 32.1. The Morgan fingerprint density at radius 3 is 2.57 bits per heavy atom. The summed E-state index contributed by atoms with van der Waals surface area (Å²) in [6.07, 6.45) is 0.0936. The molecular weight excluding hydrogens is 296 g/mol. The number of carbonyl (C=O) groups is 4. The summed E-state index contributed by atoms with van der Waals surface area (Å²) in [4.78, 5) is 46.8. The van der Waals surface area contributed by atoms with Gasteiger partial charge < -0.3 is 10.1 Å². The Balaban J connectivity index is 2.18. The number of nitrogens with zero attached hydrogens (tertiary/aromatic N) is 1. The van der Waals surface area contributed by atoms with Crippen LogP contribution < -0.4 is 5.32 Å². The second-order valence-electron chi connectivity index (χ2n) is 5.07. The van der Waals surface area contributed by atoms with Gasteiger partial charge in [0.1, 0.15) is 13.2 Å². The van der Waals surface area contributed by atoms with E-state index in [0.717, 1.165) is 4.90 Å². The molecule has 1 aliphatic rings. The Morgan fingerprint density at radius 1 is 1.38 bits per heavy atom. The van der Waals surface area contributed by atoms with Gasteiger partial charge in [-0.25, -0.2) is 0 Å². The van der Waals surface area contributed by atoms with Gasteiger partial charge in [-0.3, -0.25) is 24.1 Å². The highest BCUT2D eigenvalue weighted by Crippen LogP contribution is 2.16. The van der Waals surface area contributed by atoms with Crippen LogP contribution in [-0.2, 0) is 23.9 Å². The molecule has 7 nitrogen and oxygen atoms in total. The molecule has 0 aromatic rings. The van der Waals surface area contributed by atoms with Crippen molar-refractivity contribution in [1.82, 2.24) is 10.2 Å². The fraction of sp³-hybridized carbons (Fsp3) is 0.692. The van der Waals surface area contributed by atoms with E-state index >= 15 is 0 Å². The van der Waals surface area contributed by atoms with E-state index in [-0.39, 0.29) is 56.2 Å². The fourth-order valence-electron chi connectivity index (χ4n) is 1.67. The number of amides is 3. The van der Waals surface area contributed by atoms with Gasteiger partial charge in [-0.05, 0) is 0 Å². The second kappa shape index (κ2) is 8.14. The van der Waals surface area contributed by atoms with Gasteiger partial charge in [0.15, 0.2) is 5.78 Å². The molecule has 0 saturated carbocycles. The van der Waals surface area contributed by atoms with E-state index in [9.17, 15) is 19.2 Å². The van der Waals surface area contributed by atoms with E-state index in [2.05, 4.69) is 17.9 Å². The van der Waals surface area contributed by atoms with Crippen molar-refractivity contribution in [1.29, 1.82) is 0 Å². The third kappa shape index (κ3) is 5.47. The maximum Gasteiger partial charge on any atom is 0.246 e. The molecule has 1 rings (SSSR count). The van der Waals surface area contributed by atoms with E-state index in [4.69, 9.17) is 4.74 Å². The number of Topliss-reactive ketones (excluding diaryl/α,β-unsaturated/α-hetero) is 1. The molecule has 1 unspecified atom stereocenters. The molecule has 0 aromatic heterocycles. The van der Waals surface area contributed by atoms with Gasteiger partial charge in [0.2, 0.25) is 17.7 Å². The summed E-state index contributed by atoms with van der Waals surface area (Å²) in [5.74, 6) is -1.22. The van der Waals surface area contributed by atoms with Crippen LogP contribution >= 0.6 is 12.6 Å². The predicted octanol–water partition coefficient (Wildman–Crippen LogP) is -0.598. The van der Waals surface area contributed by atoms with E-state index < -0.39 is 11.2 Å². The number of hydrogen-bond donors (Lipinski definition) is 2. The number of imide groups is 1. The maximum atomic E-state index is 11.6. The molecular formula is C13H20N2O5S. The highest BCUT2D eigenvalue weighted by Gasteiger charge is 2.35. The first-order valence-corrected chi connectivity index (χ1v) is 7.24. The predicted molar refractivity (Wildman–Crippen MR) is 77.8 cm³/mol. The molecule has 1 N–H and O–H groups in total. The number of rotatable bonds is 8. The molecule has 1 saturated heterocycles. The van der Waals surface area contributed by atoms with E-state index in [0.29, 0.717) is 0 Å². The van der Waals surface area contributed by atoms with Crippen molar-refractivity contribution in [2.24, 2.45) is 5.92 Å². The molecule has 0 spiro atoms. The van der Waals surface area contributed by atoms with Crippen LogP contribution in [0, 0.1) is 5.92 Å². The number of nitrogens with one attached hydrogen (secondary N) is 1. The first-order chi connectivity index (χ1) is 9.82. The van der Waals surface area contributed by atoms with Gasteiger partial charge in [-0.2, -0.15) is 12.6 Å². The van der Waals surface area contributed by atoms with Crippen molar-refractivity contribution in [2.45, 2.75) is 25.5 Å². The normalized spacial score (nSPS) is 18.5. The first kappa shape index (κ1) is 17.6. The molecule has 1 heterocycles. The minimum Gasteiger partial charge on any atom is -0.364 e. The summed E-state index contributed by atoms with van der Waals surface area (Å²) in [5, 5.41) is 1.94. The summed E-state index contributed by atoms with van der Waals surface area (Å²) >= 11 is 4.00. The molecule has 3 amide bonds. The van der Waals surface area contributed by atoms with Crippen molar-refractivity contribution in [3.63, 3.8) is 0 Å². The van der Waals surface area contributed by atoms with Crippen LogP contribution in [0.2, 0.25) is 0 Å². The molecule has 0 aromatic carbocycles. The van der Waals surface area contributed by atoms with Gasteiger partial charge in [-0.15, -0.1) is 0 Å². The SMILES string of the molecule is CC(C)C(=O)COCC(=O)NCCN1C(=O)CC(S)C1=O. The number of likely N-dealkylation sites (tertiary alicyclic amines) is 1. The second-order valence-corrected chi connectivity index (χ2v) is 5.69. The molecule has 0 radical (unpaired) electrons. The van der Waals surface area contributed by atoms with E-state index in [1.54, 1.807) is 13.8 Å². The molecule has 1 aliphatic heterocycles. The van der Waals surface area contributed by atoms with E-state index in [1.165, 1.54) is 0 Å². The largest absolute Gasteiger partial charge is 0.364 e. The monoisotopic (exact) mass is 316 g/mol. The van der Waals surface area contributed by atoms with Crippen molar-refractivity contribution < 1.29 is 23.9 Å². The van der Waals surface area contributed by atoms with Gasteiger partial charge in [0.25, 0.3) is 0 Å². The van der Waals surface area contributed by atoms with Crippen molar-refractivity contribution in [2.75, 3.05) is 26.3 Å². The number of carbonyl (C=O) groups excluding carboxylic acids is 4. The van der Waals surface area contributed by atoms with Gasteiger partial charge in [-0.1, -0.05) is 13.8 Å². The van der Waals surface area contributed by atoms with Crippen molar-refractivity contribution in [3.8, 4) is 0 Å². The van der Waals surface area contributed by atoms with Crippen LogP contribution in [0.5, 0.6) is 0 Å². The van der Waals surface area contributed by atoms with E-state index in [1.807, 2.05) is 0 Å². The summed E-state index contributed by atoms with van der Waals surface area (Å²) < 4.78 is 4.98. The Bertz CT molecular complexity index is 438. The molecule has 8 heteroatoms. The minimum absolute atomic E-state index is 0.0733. The van der Waals surface area contributed by atoms with Crippen LogP contribution in [0.3, 0.4) is 0 Å². The molecule has 21 heavy (non-hydrogen) atoms. The third-order valence-corrected chi connectivity index (χ3v) is 3.40. The topological polar surface area (TPSA) is 92.8 Å². The quantitative estimate of drug-likeness (QED) is 0.461. The Hall–Kier alpha value is -1.41. The Labute approximate surface area is 128 Å². The smallest absolute Gasteiger partial charge is 0.246 e. The average Bonchev–Trinajstić information content (AvgIpc) is 2.64. The maximum absolute atomic E-state index is 11.6. The standard InChI is InChI=1S/C13H20N2O5S/c1-8(2)9(16)6-20-7-11(17)14-3-4-15-12(18)5-10(21)13(15)19/h8,10,21H,3-7H2,1-2H3,(H,14,17). The zero-order chi connectivity index (χ0) is 16.0. The Kier molecular flexibility index (Phi) is 6.83. The number of ether oxygens (including phenoxy) is 1. The summed E-state index contributed by atoms with van der Waals surface area (Å²) in [6.45, 7) is 3.45. The minimum atomic E-state index is -0.585. The summed E-state index contributed by atoms with van der Waals surface area (Å²) in [5.41, 5.74) is 0. The zero-order valence-electron chi connectivity index (χ0n) is 12.1. The van der Waals surface area contributed by atoms with Gasteiger partial charge in [0.05, 0.1) is 5.25 Å². The van der Waals surface area contributed by atoms with Crippen molar-refractivity contribution >= 4 is 36.1 Å². The summed E-state index contributed by atoms with van der Waals surface area (Å²) in [6, 6.07) is 0.